The van der Waals surface area contributed by atoms with Crippen LogP contribution in [0.25, 0.3) is 6.08 Å². The topological polar surface area (TPSA) is 77.5 Å². The Labute approximate surface area is 179 Å². The molecule has 0 atom stereocenters. The molecule has 0 saturated heterocycles. The van der Waals surface area contributed by atoms with Crippen LogP contribution in [-0.2, 0) is 16.1 Å². The van der Waals surface area contributed by atoms with Gasteiger partial charge in [-0.15, -0.1) is 0 Å². The van der Waals surface area contributed by atoms with Gasteiger partial charge in [0, 0.05) is 6.08 Å². The lowest BCUT2D eigenvalue weighted by Gasteiger charge is -2.06. The second-order valence-electron chi connectivity index (χ2n) is 6.32. The number of ether oxygens (including phenoxy) is 2. The lowest BCUT2D eigenvalue weighted by molar-refractivity contribution is -0.111. The number of carbonyl (C=O) groups excluding carboxylic acids is 2. The van der Waals surface area contributed by atoms with Crippen molar-refractivity contribution in [3.05, 3.63) is 82.4 Å². The highest BCUT2D eigenvalue weighted by Gasteiger charge is 2.16. The first kappa shape index (κ1) is 21.3. The van der Waals surface area contributed by atoms with E-state index >= 15 is 0 Å². The average Bonchev–Trinajstić information content (AvgIpc) is 3.12. The van der Waals surface area contributed by atoms with Crippen LogP contribution in [0.4, 0.5) is 5.13 Å². The highest BCUT2D eigenvalue weighted by atomic mass is 32.1. The quantitative estimate of drug-likeness (QED) is 0.414. The summed E-state index contributed by atoms with van der Waals surface area (Å²) in [6.07, 6.45) is 3.11. The second kappa shape index (κ2) is 10.4. The smallest absolute Gasteiger partial charge is 0.350 e. The van der Waals surface area contributed by atoms with Gasteiger partial charge in [0.15, 0.2) is 5.13 Å². The molecule has 0 aliphatic carbocycles. The van der Waals surface area contributed by atoms with E-state index in [4.69, 9.17) is 9.47 Å². The fourth-order valence-corrected chi connectivity index (χ4v) is 3.43. The molecule has 2 aromatic carbocycles. The number of nitrogens with one attached hydrogen (secondary N) is 1. The van der Waals surface area contributed by atoms with Gasteiger partial charge in [-0.2, -0.15) is 0 Å². The van der Waals surface area contributed by atoms with E-state index in [-0.39, 0.29) is 12.5 Å². The Hall–Kier alpha value is -3.45. The van der Waals surface area contributed by atoms with Gasteiger partial charge in [0.1, 0.15) is 17.2 Å². The van der Waals surface area contributed by atoms with Crippen molar-refractivity contribution in [2.24, 2.45) is 0 Å². The number of thiazole rings is 1. The molecule has 0 fully saturated rings. The number of esters is 1. The van der Waals surface area contributed by atoms with E-state index in [1.807, 2.05) is 54.6 Å². The van der Waals surface area contributed by atoms with Crippen LogP contribution >= 0.6 is 11.3 Å². The Morgan fingerprint density at radius 2 is 1.83 bits per heavy atom. The Bertz CT molecular complexity index is 1030. The number of aromatic nitrogens is 1. The van der Waals surface area contributed by atoms with Gasteiger partial charge in [0.2, 0.25) is 5.91 Å². The molecule has 0 unspecified atom stereocenters. The third-order valence-corrected chi connectivity index (χ3v) is 5.10. The molecule has 1 N–H and O–H groups in total. The number of aryl methyl sites for hydroxylation is 1. The molecule has 1 aromatic heterocycles. The molecule has 30 heavy (non-hydrogen) atoms. The van der Waals surface area contributed by atoms with Crippen molar-refractivity contribution in [2.75, 3.05) is 11.9 Å². The van der Waals surface area contributed by atoms with Gasteiger partial charge >= 0.3 is 5.97 Å². The van der Waals surface area contributed by atoms with Crippen LogP contribution in [0.15, 0.2) is 60.7 Å². The van der Waals surface area contributed by atoms with Gasteiger partial charge in [0.25, 0.3) is 0 Å². The van der Waals surface area contributed by atoms with Crippen LogP contribution in [0.2, 0.25) is 0 Å². The second-order valence-corrected chi connectivity index (χ2v) is 7.32. The van der Waals surface area contributed by atoms with E-state index in [2.05, 4.69) is 10.3 Å². The van der Waals surface area contributed by atoms with Gasteiger partial charge in [-0.3, -0.25) is 10.1 Å². The normalized spacial score (nSPS) is 10.7. The zero-order valence-corrected chi connectivity index (χ0v) is 17.6. The van der Waals surface area contributed by atoms with Crippen LogP contribution in [0.1, 0.15) is 33.4 Å². The van der Waals surface area contributed by atoms with Crippen LogP contribution < -0.4 is 10.1 Å². The molecule has 3 rings (SSSR count). The van der Waals surface area contributed by atoms with Crippen LogP contribution in [0.3, 0.4) is 0 Å². The van der Waals surface area contributed by atoms with Crippen LogP contribution in [-0.4, -0.2) is 23.5 Å². The van der Waals surface area contributed by atoms with Crippen molar-refractivity contribution in [2.45, 2.75) is 20.5 Å². The fraction of sp³-hybridized carbons (Fsp3) is 0.174. The van der Waals surface area contributed by atoms with Gasteiger partial charge in [-0.05, 0) is 43.2 Å². The summed E-state index contributed by atoms with van der Waals surface area (Å²) in [6, 6.07) is 17.4. The monoisotopic (exact) mass is 422 g/mol. The molecule has 7 heteroatoms. The zero-order valence-electron chi connectivity index (χ0n) is 16.8. The highest BCUT2D eigenvalue weighted by molar-refractivity contribution is 7.17. The van der Waals surface area contributed by atoms with Crippen molar-refractivity contribution >= 4 is 34.4 Å². The van der Waals surface area contributed by atoms with Gasteiger partial charge in [0.05, 0.1) is 12.3 Å². The Morgan fingerprint density at radius 1 is 1.10 bits per heavy atom. The third-order valence-electron chi connectivity index (χ3n) is 4.04. The van der Waals surface area contributed by atoms with Crippen LogP contribution in [0.5, 0.6) is 5.75 Å². The first-order valence-electron chi connectivity index (χ1n) is 9.45. The lowest BCUT2D eigenvalue weighted by Crippen LogP contribution is -2.07. The lowest BCUT2D eigenvalue weighted by atomic mass is 10.2. The Morgan fingerprint density at radius 3 is 2.53 bits per heavy atom. The van der Waals surface area contributed by atoms with Crippen molar-refractivity contribution in [3.63, 3.8) is 0 Å². The van der Waals surface area contributed by atoms with Crippen LogP contribution in [0, 0.1) is 6.92 Å². The maximum absolute atomic E-state index is 12.2. The minimum atomic E-state index is -0.432. The molecule has 1 heterocycles. The molecular weight excluding hydrogens is 400 g/mol. The molecule has 6 nitrogen and oxygen atoms in total. The maximum Gasteiger partial charge on any atom is 0.350 e. The minimum Gasteiger partial charge on any atom is -0.489 e. The number of amides is 1. The van der Waals surface area contributed by atoms with Gasteiger partial charge < -0.3 is 9.47 Å². The number of hydrogen-bond acceptors (Lipinski definition) is 6. The summed E-state index contributed by atoms with van der Waals surface area (Å²) in [6.45, 7) is 4.23. The molecule has 0 saturated carbocycles. The van der Waals surface area contributed by atoms with Gasteiger partial charge in [-0.1, -0.05) is 53.8 Å². The first-order chi connectivity index (χ1) is 14.5. The number of anilines is 1. The van der Waals surface area contributed by atoms with E-state index in [9.17, 15) is 9.59 Å². The number of benzene rings is 2. The Balaban J connectivity index is 1.53. The number of hydrogen-bond donors (Lipinski definition) is 1. The van der Waals surface area contributed by atoms with E-state index in [1.54, 1.807) is 19.9 Å². The Kier molecular flexibility index (Phi) is 7.34. The molecule has 1 amide bonds. The number of carbonyl (C=O) groups is 2. The van der Waals surface area contributed by atoms with E-state index in [0.717, 1.165) is 28.2 Å². The van der Waals surface area contributed by atoms with Gasteiger partial charge in [-0.25, -0.2) is 9.78 Å². The highest BCUT2D eigenvalue weighted by Crippen LogP contribution is 2.23. The molecule has 0 aliphatic heterocycles. The molecule has 0 radical (unpaired) electrons. The first-order valence-corrected chi connectivity index (χ1v) is 10.3. The summed E-state index contributed by atoms with van der Waals surface area (Å²) >= 11 is 1.10. The molecular formula is C23H22N2O4S. The largest absolute Gasteiger partial charge is 0.489 e. The number of nitrogens with zero attached hydrogens (tertiary/aromatic N) is 1. The number of rotatable bonds is 8. The maximum atomic E-state index is 12.2. The molecule has 0 aliphatic rings. The predicted octanol–water partition coefficient (Wildman–Crippen LogP) is 4.86. The SMILES string of the molecule is CCOC(=O)c1sc(NC(=O)C=Cc2ccc(OCc3ccccc3)cc2)nc1C. The summed E-state index contributed by atoms with van der Waals surface area (Å²) < 4.78 is 10.7. The molecule has 154 valence electrons. The summed E-state index contributed by atoms with van der Waals surface area (Å²) in [5, 5.41) is 3.03. The summed E-state index contributed by atoms with van der Waals surface area (Å²) in [4.78, 5) is 28.6. The van der Waals surface area contributed by atoms with Crippen molar-refractivity contribution in [3.8, 4) is 5.75 Å². The molecule has 0 bridgehead atoms. The van der Waals surface area contributed by atoms with E-state index in [0.29, 0.717) is 22.3 Å². The van der Waals surface area contributed by atoms with Crippen molar-refractivity contribution < 1.29 is 19.1 Å². The zero-order chi connectivity index (χ0) is 21.3. The van der Waals surface area contributed by atoms with Crippen molar-refractivity contribution in [1.29, 1.82) is 0 Å². The summed E-state index contributed by atoms with van der Waals surface area (Å²) in [5.74, 6) is -0.00751. The van der Waals surface area contributed by atoms with Crippen molar-refractivity contribution in [1.82, 2.24) is 4.98 Å². The summed E-state index contributed by atoms with van der Waals surface area (Å²) in [5.41, 5.74) is 2.49. The average molecular weight is 423 g/mol. The summed E-state index contributed by atoms with van der Waals surface area (Å²) in [7, 11) is 0. The third kappa shape index (κ3) is 6.02. The molecule has 0 spiro atoms. The van der Waals surface area contributed by atoms with E-state index < -0.39 is 5.97 Å². The fourth-order valence-electron chi connectivity index (χ4n) is 2.57. The standard InChI is InChI=1S/C23H22N2O4S/c1-3-28-22(27)21-16(2)24-23(30-21)25-20(26)14-11-17-9-12-19(13-10-17)29-15-18-7-5-4-6-8-18/h4-14H,3,15H2,1-2H3,(H,24,25,26). The predicted molar refractivity (Wildman–Crippen MR) is 118 cm³/mol. The minimum absolute atomic E-state index is 0.288. The molecule has 3 aromatic rings. The van der Waals surface area contributed by atoms with E-state index in [1.165, 1.54) is 6.08 Å².